The third-order valence-corrected chi connectivity index (χ3v) is 5.40. The van der Waals surface area contributed by atoms with Crippen LogP contribution in [0.25, 0.3) is 0 Å². The molecule has 2 rings (SSSR count). The van der Waals surface area contributed by atoms with Gasteiger partial charge in [0.1, 0.15) is 0 Å². The standard InChI is InChI=1S/C17H28N2OS/c1-4-15-14-6-8-21-16(14)5-7-19(15)17(20)10-13(11-18)9-12(2)3/h6,8,12-13,15H,4-5,7,9-11,18H2,1-3H3. The van der Waals surface area contributed by atoms with E-state index in [2.05, 4.69) is 37.1 Å². The zero-order valence-corrected chi connectivity index (χ0v) is 14.3. The molecule has 0 fully saturated rings. The van der Waals surface area contributed by atoms with Gasteiger partial charge >= 0.3 is 0 Å². The first-order valence-corrected chi connectivity index (χ1v) is 9.00. The lowest BCUT2D eigenvalue weighted by atomic mass is 9.92. The molecule has 0 aliphatic carbocycles. The van der Waals surface area contributed by atoms with E-state index in [-0.39, 0.29) is 11.9 Å². The van der Waals surface area contributed by atoms with Crippen molar-refractivity contribution < 1.29 is 4.79 Å². The smallest absolute Gasteiger partial charge is 0.223 e. The first-order chi connectivity index (χ1) is 10.1. The Balaban J connectivity index is 2.05. The van der Waals surface area contributed by atoms with Crippen molar-refractivity contribution in [2.24, 2.45) is 17.6 Å². The molecule has 2 atom stereocenters. The lowest BCUT2D eigenvalue weighted by molar-refractivity contribution is -0.135. The number of thiophene rings is 1. The van der Waals surface area contributed by atoms with Gasteiger partial charge in [0.25, 0.3) is 0 Å². The maximum atomic E-state index is 12.7. The number of hydrogen-bond acceptors (Lipinski definition) is 3. The highest BCUT2D eigenvalue weighted by atomic mass is 32.1. The van der Waals surface area contributed by atoms with Crippen LogP contribution in [0.3, 0.4) is 0 Å². The predicted molar refractivity (Wildman–Crippen MR) is 89.4 cm³/mol. The van der Waals surface area contributed by atoms with Gasteiger partial charge in [-0.2, -0.15) is 0 Å². The number of nitrogens with zero attached hydrogens (tertiary/aromatic N) is 1. The van der Waals surface area contributed by atoms with E-state index in [1.165, 1.54) is 10.4 Å². The zero-order valence-electron chi connectivity index (χ0n) is 13.5. The minimum atomic E-state index is 0.268. The Labute approximate surface area is 132 Å². The first-order valence-electron chi connectivity index (χ1n) is 8.12. The summed E-state index contributed by atoms with van der Waals surface area (Å²) in [6.45, 7) is 8.04. The summed E-state index contributed by atoms with van der Waals surface area (Å²) in [6, 6.07) is 2.47. The average Bonchev–Trinajstić information content (AvgIpc) is 2.93. The first kappa shape index (κ1) is 16.5. The number of fused-ring (bicyclic) bond motifs is 1. The second-order valence-electron chi connectivity index (χ2n) is 6.50. The van der Waals surface area contributed by atoms with Crippen LogP contribution in [-0.4, -0.2) is 23.9 Å². The summed E-state index contributed by atoms with van der Waals surface area (Å²) in [7, 11) is 0. The van der Waals surface area contributed by atoms with Crippen molar-refractivity contribution in [3.05, 3.63) is 21.9 Å². The molecule has 0 spiro atoms. The van der Waals surface area contributed by atoms with Crippen LogP contribution in [0.4, 0.5) is 0 Å². The second-order valence-corrected chi connectivity index (χ2v) is 7.50. The highest BCUT2D eigenvalue weighted by molar-refractivity contribution is 7.10. The topological polar surface area (TPSA) is 46.3 Å². The monoisotopic (exact) mass is 308 g/mol. The van der Waals surface area contributed by atoms with Crippen LogP contribution >= 0.6 is 11.3 Å². The van der Waals surface area contributed by atoms with E-state index in [1.54, 1.807) is 0 Å². The number of carbonyl (C=O) groups excluding carboxylic acids is 1. The van der Waals surface area contributed by atoms with Crippen LogP contribution in [0.1, 0.15) is 56.5 Å². The van der Waals surface area contributed by atoms with Crippen LogP contribution in [0, 0.1) is 11.8 Å². The fourth-order valence-corrected chi connectivity index (χ4v) is 4.36. The molecule has 1 aromatic heterocycles. The molecule has 2 N–H and O–H groups in total. The van der Waals surface area contributed by atoms with E-state index < -0.39 is 0 Å². The molecule has 0 saturated carbocycles. The van der Waals surface area contributed by atoms with Gasteiger partial charge in [0.2, 0.25) is 5.91 Å². The number of nitrogens with two attached hydrogens (primary N) is 1. The van der Waals surface area contributed by atoms with E-state index >= 15 is 0 Å². The molecule has 2 unspecified atom stereocenters. The molecule has 3 nitrogen and oxygen atoms in total. The van der Waals surface area contributed by atoms with E-state index in [4.69, 9.17) is 5.73 Å². The molecule has 118 valence electrons. The lowest BCUT2D eigenvalue weighted by Gasteiger charge is -2.36. The highest BCUT2D eigenvalue weighted by Crippen LogP contribution is 2.35. The van der Waals surface area contributed by atoms with Gasteiger partial charge < -0.3 is 10.6 Å². The largest absolute Gasteiger partial charge is 0.335 e. The molecule has 0 radical (unpaired) electrons. The third kappa shape index (κ3) is 3.86. The van der Waals surface area contributed by atoms with Crippen molar-refractivity contribution in [2.45, 2.75) is 52.5 Å². The maximum absolute atomic E-state index is 12.7. The summed E-state index contributed by atoms with van der Waals surface area (Å²) in [5.41, 5.74) is 7.23. The van der Waals surface area contributed by atoms with Crippen LogP contribution in [0.5, 0.6) is 0 Å². The Morgan fingerprint density at radius 2 is 2.29 bits per heavy atom. The molecule has 1 aliphatic heterocycles. The summed E-state index contributed by atoms with van der Waals surface area (Å²) >= 11 is 1.83. The van der Waals surface area contributed by atoms with Gasteiger partial charge in [-0.15, -0.1) is 11.3 Å². The van der Waals surface area contributed by atoms with Crippen molar-refractivity contribution in [3.8, 4) is 0 Å². The van der Waals surface area contributed by atoms with Crippen LogP contribution in [-0.2, 0) is 11.2 Å². The summed E-state index contributed by atoms with van der Waals surface area (Å²) in [5, 5.41) is 2.16. The van der Waals surface area contributed by atoms with Gasteiger partial charge in [-0.05, 0) is 54.7 Å². The Morgan fingerprint density at radius 3 is 2.90 bits per heavy atom. The molecule has 21 heavy (non-hydrogen) atoms. The molecular formula is C17H28N2OS. The van der Waals surface area contributed by atoms with E-state index in [0.29, 0.717) is 24.8 Å². The van der Waals surface area contributed by atoms with Gasteiger partial charge in [-0.25, -0.2) is 0 Å². The lowest BCUT2D eigenvalue weighted by Crippen LogP contribution is -2.40. The predicted octanol–water partition coefficient (Wildman–Crippen LogP) is 3.60. The van der Waals surface area contributed by atoms with Crippen molar-refractivity contribution in [1.82, 2.24) is 4.90 Å². The van der Waals surface area contributed by atoms with Gasteiger partial charge in [-0.1, -0.05) is 20.8 Å². The molecule has 0 saturated heterocycles. The van der Waals surface area contributed by atoms with Gasteiger partial charge in [0.15, 0.2) is 0 Å². The highest BCUT2D eigenvalue weighted by Gasteiger charge is 2.31. The summed E-state index contributed by atoms with van der Waals surface area (Å²) in [4.78, 5) is 16.3. The quantitative estimate of drug-likeness (QED) is 0.873. The zero-order chi connectivity index (χ0) is 15.4. The number of rotatable bonds is 6. The Kier molecular flexibility index (Phi) is 5.82. The van der Waals surface area contributed by atoms with Gasteiger partial charge in [-0.3, -0.25) is 4.79 Å². The molecule has 0 bridgehead atoms. The number of amides is 1. The third-order valence-electron chi connectivity index (χ3n) is 4.40. The molecule has 1 aliphatic rings. The Morgan fingerprint density at radius 1 is 1.52 bits per heavy atom. The van der Waals surface area contributed by atoms with Crippen LogP contribution in [0.2, 0.25) is 0 Å². The van der Waals surface area contributed by atoms with Crippen LogP contribution in [0.15, 0.2) is 11.4 Å². The fraction of sp³-hybridized carbons (Fsp3) is 0.706. The maximum Gasteiger partial charge on any atom is 0.223 e. The molecule has 0 aromatic carbocycles. The summed E-state index contributed by atoms with van der Waals surface area (Å²) < 4.78 is 0. The summed E-state index contributed by atoms with van der Waals surface area (Å²) in [5.74, 6) is 1.20. The van der Waals surface area contributed by atoms with Crippen molar-refractivity contribution in [2.75, 3.05) is 13.1 Å². The Bertz CT molecular complexity index is 469. The number of hydrogen-bond donors (Lipinski definition) is 1. The Hall–Kier alpha value is -0.870. The second kappa shape index (κ2) is 7.41. The number of carbonyl (C=O) groups is 1. The minimum Gasteiger partial charge on any atom is -0.335 e. The van der Waals surface area contributed by atoms with Crippen LogP contribution < -0.4 is 5.73 Å². The molecule has 1 amide bonds. The SMILES string of the molecule is CCC1c2ccsc2CCN1C(=O)CC(CN)CC(C)C. The minimum absolute atomic E-state index is 0.268. The van der Waals surface area contributed by atoms with Crippen molar-refractivity contribution in [1.29, 1.82) is 0 Å². The van der Waals surface area contributed by atoms with Gasteiger partial charge in [0, 0.05) is 17.8 Å². The molecular weight excluding hydrogens is 280 g/mol. The van der Waals surface area contributed by atoms with E-state index in [1.807, 2.05) is 11.3 Å². The molecule has 2 heterocycles. The average molecular weight is 308 g/mol. The van der Waals surface area contributed by atoms with E-state index in [9.17, 15) is 4.79 Å². The fourth-order valence-electron chi connectivity index (χ4n) is 3.43. The van der Waals surface area contributed by atoms with E-state index in [0.717, 1.165) is 25.8 Å². The normalized spacial score (nSPS) is 19.7. The van der Waals surface area contributed by atoms with Gasteiger partial charge in [0.05, 0.1) is 6.04 Å². The van der Waals surface area contributed by atoms with Crippen molar-refractivity contribution >= 4 is 17.2 Å². The molecule has 4 heteroatoms. The summed E-state index contributed by atoms with van der Waals surface area (Å²) in [6.07, 6.45) is 3.64. The molecule has 1 aromatic rings. The van der Waals surface area contributed by atoms with Crippen molar-refractivity contribution in [3.63, 3.8) is 0 Å².